The molecule has 5 heteroatoms. The Morgan fingerprint density at radius 2 is 2.10 bits per heavy atom. The van der Waals surface area contributed by atoms with Gasteiger partial charge in [0.05, 0.1) is 19.8 Å². The summed E-state index contributed by atoms with van der Waals surface area (Å²) in [6, 6.07) is 0. The molecule has 118 valence electrons. The number of hydrogen-bond acceptors (Lipinski definition) is 5. The predicted octanol–water partition coefficient (Wildman–Crippen LogP) is 1.01. The Kier molecular flexibility index (Phi) is 9.05. The van der Waals surface area contributed by atoms with Crippen LogP contribution in [0.25, 0.3) is 0 Å². The summed E-state index contributed by atoms with van der Waals surface area (Å²) >= 11 is 0. The van der Waals surface area contributed by atoms with Crippen molar-refractivity contribution >= 4 is 0 Å². The van der Waals surface area contributed by atoms with Crippen molar-refractivity contribution in [2.24, 2.45) is 0 Å². The summed E-state index contributed by atoms with van der Waals surface area (Å²) < 4.78 is 10.8. The average molecular weight is 288 g/mol. The van der Waals surface area contributed by atoms with E-state index in [0.717, 1.165) is 6.42 Å². The van der Waals surface area contributed by atoms with E-state index in [0.29, 0.717) is 6.61 Å². The average Bonchev–Trinajstić information content (AvgIpc) is 2.82. The van der Waals surface area contributed by atoms with Crippen molar-refractivity contribution in [3.8, 4) is 0 Å². The first-order chi connectivity index (χ1) is 9.70. The molecule has 0 amide bonds. The van der Waals surface area contributed by atoms with Crippen LogP contribution in [0.1, 0.15) is 39.0 Å². The van der Waals surface area contributed by atoms with Crippen molar-refractivity contribution in [1.82, 2.24) is 0 Å². The Balaban J connectivity index is 2.20. The molecule has 0 bridgehead atoms. The minimum atomic E-state index is -1.02. The molecule has 3 N–H and O–H groups in total. The van der Waals surface area contributed by atoms with E-state index in [9.17, 15) is 10.2 Å². The topological polar surface area (TPSA) is 79.2 Å². The number of rotatable bonds is 10. The SMILES string of the molecule is CCCCCC/C=C/CO[C@H]1[C@@H]([C@@H](O)CO)OC[C@H]1O. The van der Waals surface area contributed by atoms with Crippen LogP contribution in [-0.4, -0.2) is 59.6 Å². The first kappa shape index (κ1) is 17.6. The standard InChI is InChI=1S/C15H28O5/c1-2-3-4-5-6-7-8-9-19-15-13(18)11-20-14(15)12(17)10-16/h7-8,12-18H,2-6,9-11H2,1H3/b8-7+/t12-,13+,14+,15+/m0/s1. The highest BCUT2D eigenvalue weighted by Crippen LogP contribution is 2.20. The molecular weight excluding hydrogens is 260 g/mol. The summed E-state index contributed by atoms with van der Waals surface area (Å²) in [4.78, 5) is 0. The second kappa shape index (κ2) is 10.3. The second-order valence-electron chi connectivity index (χ2n) is 5.23. The van der Waals surface area contributed by atoms with Gasteiger partial charge in [-0.1, -0.05) is 38.3 Å². The molecule has 0 aromatic heterocycles. The molecule has 0 saturated carbocycles. The molecule has 20 heavy (non-hydrogen) atoms. The fourth-order valence-corrected chi connectivity index (χ4v) is 2.30. The molecule has 0 radical (unpaired) electrons. The molecule has 1 aliphatic rings. The van der Waals surface area contributed by atoms with Gasteiger partial charge in [0.2, 0.25) is 0 Å². The van der Waals surface area contributed by atoms with Crippen LogP contribution >= 0.6 is 0 Å². The summed E-state index contributed by atoms with van der Waals surface area (Å²) in [5, 5.41) is 28.3. The summed E-state index contributed by atoms with van der Waals surface area (Å²) in [6.45, 7) is 2.31. The van der Waals surface area contributed by atoms with E-state index >= 15 is 0 Å². The predicted molar refractivity (Wildman–Crippen MR) is 76.5 cm³/mol. The van der Waals surface area contributed by atoms with Gasteiger partial charge in [-0.2, -0.15) is 0 Å². The van der Waals surface area contributed by atoms with Crippen molar-refractivity contribution < 1.29 is 24.8 Å². The van der Waals surface area contributed by atoms with E-state index in [1.54, 1.807) is 0 Å². The fraction of sp³-hybridized carbons (Fsp3) is 0.867. The zero-order valence-electron chi connectivity index (χ0n) is 12.3. The minimum Gasteiger partial charge on any atom is -0.394 e. The Morgan fingerprint density at radius 3 is 2.80 bits per heavy atom. The second-order valence-corrected chi connectivity index (χ2v) is 5.23. The van der Waals surface area contributed by atoms with Crippen LogP contribution in [0.15, 0.2) is 12.2 Å². The van der Waals surface area contributed by atoms with Crippen molar-refractivity contribution in [1.29, 1.82) is 0 Å². The molecular formula is C15H28O5. The molecule has 0 aliphatic carbocycles. The lowest BCUT2D eigenvalue weighted by molar-refractivity contribution is -0.0879. The van der Waals surface area contributed by atoms with E-state index < -0.39 is 31.0 Å². The van der Waals surface area contributed by atoms with Crippen molar-refractivity contribution in [2.75, 3.05) is 19.8 Å². The molecule has 0 aromatic carbocycles. The van der Waals surface area contributed by atoms with Gasteiger partial charge in [0.15, 0.2) is 0 Å². The van der Waals surface area contributed by atoms with Crippen LogP contribution in [0, 0.1) is 0 Å². The zero-order valence-corrected chi connectivity index (χ0v) is 12.3. The lowest BCUT2D eigenvalue weighted by Gasteiger charge is -2.23. The fourth-order valence-electron chi connectivity index (χ4n) is 2.30. The lowest BCUT2D eigenvalue weighted by Crippen LogP contribution is -2.42. The molecule has 1 aliphatic heterocycles. The Morgan fingerprint density at radius 1 is 1.30 bits per heavy atom. The highest BCUT2D eigenvalue weighted by atomic mass is 16.6. The summed E-state index contributed by atoms with van der Waals surface area (Å²) in [5.41, 5.74) is 0. The maximum Gasteiger partial charge on any atom is 0.115 e. The van der Waals surface area contributed by atoms with Gasteiger partial charge in [0, 0.05) is 0 Å². The quantitative estimate of drug-likeness (QED) is 0.413. The molecule has 5 nitrogen and oxygen atoms in total. The number of allylic oxidation sites excluding steroid dienone is 1. The third-order valence-corrected chi connectivity index (χ3v) is 3.50. The first-order valence-corrected chi connectivity index (χ1v) is 7.55. The molecule has 1 rings (SSSR count). The summed E-state index contributed by atoms with van der Waals surface area (Å²) in [7, 11) is 0. The highest BCUT2D eigenvalue weighted by Gasteiger charge is 2.40. The van der Waals surface area contributed by atoms with E-state index in [2.05, 4.69) is 13.0 Å². The van der Waals surface area contributed by atoms with E-state index in [1.165, 1.54) is 25.7 Å². The van der Waals surface area contributed by atoms with Gasteiger partial charge in [-0.3, -0.25) is 0 Å². The molecule has 1 heterocycles. The van der Waals surface area contributed by atoms with Gasteiger partial charge in [-0.05, 0) is 12.8 Å². The maximum absolute atomic E-state index is 9.74. The van der Waals surface area contributed by atoms with E-state index in [-0.39, 0.29) is 6.61 Å². The Labute approximate surface area is 121 Å². The third-order valence-electron chi connectivity index (χ3n) is 3.50. The molecule has 0 aromatic rings. The molecule has 4 atom stereocenters. The van der Waals surface area contributed by atoms with Gasteiger partial charge in [-0.25, -0.2) is 0 Å². The maximum atomic E-state index is 9.74. The van der Waals surface area contributed by atoms with Crippen LogP contribution < -0.4 is 0 Å². The van der Waals surface area contributed by atoms with Crippen molar-refractivity contribution in [2.45, 2.75) is 63.4 Å². The highest BCUT2D eigenvalue weighted by molar-refractivity contribution is 4.90. The Bertz CT molecular complexity index is 269. The van der Waals surface area contributed by atoms with Crippen LogP contribution in [0.3, 0.4) is 0 Å². The van der Waals surface area contributed by atoms with Crippen LogP contribution in [0.2, 0.25) is 0 Å². The van der Waals surface area contributed by atoms with Gasteiger partial charge in [0.25, 0.3) is 0 Å². The van der Waals surface area contributed by atoms with Crippen LogP contribution in [0.5, 0.6) is 0 Å². The minimum absolute atomic E-state index is 0.132. The van der Waals surface area contributed by atoms with Crippen LogP contribution in [-0.2, 0) is 9.47 Å². The van der Waals surface area contributed by atoms with E-state index in [4.69, 9.17) is 14.6 Å². The number of aliphatic hydroxyl groups is 3. The molecule has 1 fully saturated rings. The number of aliphatic hydroxyl groups excluding tert-OH is 3. The number of hydrogen-bond donors (Lipinski definition) is 3. The molecule has 1 saturated heterocycles. The summed E-state index contributed by atoms with van der Waals surface area (Å²) in [6.07, 6.45) is 6.99. The summed E-state index contributed by atoms with van der Waals surface area (Å²) in [5.74, 6) is 0. The van der Waals surface area contributed by atoms with Crippen molar-refractivity contribution in [3.63, 3.8) is 0 Å². The van der Waals surface area contributed by atoms with Gasteiger partial charge >= 0.3 is 0 Å². The largest absolute Gasteiger partial charge is 0.394 e. The van der Waals surface area contributed by atoms with Crippen molar-refractivity contribution in [3.05, 3.63) is 12.2 Å². The van der Waals surface area contributed by atoms with Crippen LogP contribution in [0.4, 0.5) is 0 Å². The number of ether oxygens (including phenoxy) is 2. The first-order valence-electron chi connectivity index (χ1n) is 7.55. The smallest absolute Gasteiger partial charge is 0.115 e. The zero-order chi connectivity index (χ0) is 14.8. The molecule has 0 unspecified atom stereocenters. The van der Waals surface area contributed by atoms with Gasteiger partial charge in [-0.15, -0.1) is 0 Å². The number of unbranched alkanes of at least 4 members (excludes halogenated alkanes) is 4. The Hall–Kier alpha value is -0.460. The third kappa shape index (κ3) is 5.89. The van der Waals surface area contributed by atoms with Gasteiger partial charge in [0.1, 0.15) is 24.4 Å². The van der Waals surface area contributed by atoms with E-state index in [1.807, 2.05) is 6.08 Å². The molecule has 0 spiro atoms. The normalized spacial score (nSPS) is 28.3. The monoisotopic (exact) mass is 288 g/mol. The van der Waals surface area contributed by atoms with Gasteiger partial charge < -0.3 is 24.8 Å². The lowest BCUT2D eigenvalue weighted by atomic mass is 10.1.